The summed E-state index contributed by atoms with van der Waals surface area (Å²) < 4.78 is 0. The Morgan fingerprint density at radius 1 is 1.47 bits per heavy atom. The van der Waals surface area contributed by atoms with Crippen molar-refractivity contribution in [2.45, 2.75) is 12.5 Å². The highest BCUT2D eigenvalue weighted by Crippen LogP contribution is 2.24. The van der Waals surface area contributed by atoms with E-state index in [1.165, 1.54) is 0 Å². The average Bonchev–Trinajstić information content (AvgIpc) is 2.69. The van der Waals surface area contributed by atoms with Gasteiger partial charge in [-0.1, -0.05) is 12.1 Å². The van der Waals surface area contributed by atoms with Crippen LogP contribution in [-0.4, -0.2) is 42.1 Å². The molecule has 102 valence electrons. The van der Waals surface area contributed by atoms with Gasteiger partial charge in [0.25, 0.3) is 0 Å². The molecule has 1 unspecified atom stereocenters. The molecule has 6 nitrogen and oxygen atoms in total. The highest BCUT2D eigenvalue weighted by atomic mass is 16.4. The molecule has 1 atom stereocenters. The Hall–Kier alpha value is -2.08. The van der Waals surface area contributed by atoms with E-state index in [2.05, 4.69) is 0 Å². The maximum absolute atomic E-state index is 11.9. The Kier molecular flexibility index (Phi) is 3.71. The summed E-state index contributed by atoms with van der Waals surface area (Å²) in [6.45, 7) is 1.32. The monoisotopic (exact) mass is 263 g/mol. The maximum atomic E-state index is 11.9. The van der Waals surface area contributed by atoms with E-state index in [-0.39, 0.29) is 12.5 Å². The molecule has 0 aliphatic carbocycles. The number of hydrogen-bond acceptors (Lipinski definition) is 3. The van der Waals surface area contributed by atoms with Gasteiger partial charge in [0.2, 0.25) is 0 Å². The second-order valence-electron chi connectivity index (χ2n) is 4.66. The van der Waals surface area contributed by atoms with E-state index in [4.69, 9.17) is 10.8 Å². The molecule has 1 aromatic carbocycles. The number of carboxylic acids is 1. The summed E-state index contributed by atoms with van der Waals surface area (Å²) in [5, 5.41) is 8.75. The third-order valence-corrected chi connectivity index (χ3v) is 3.22. The summed E-state index contributed by atoms with van der Waals surface area (Å²) in [5.74, 6) is -0.935. The number of nitrogens with zero attached hydrogens (tertiary/aromatic N) is 2. The van der Waals surface area contributed by atoms with Crippen LogP contribution in [0.3, 0.4) is 0 Å². The second-order valence-corrected chi connectivity index (χ2v) is 4.66. The van der Waals surface area contributed by atoms with Crippen LogP contribution < -0.4 is 10.6 Å². The van der Waals surface area contributed by atoms with Gasteiger partial charge < -0.3 is 15.7 Å². The van der Waals surface area contributed by atoms with Crippen LogP contribution in [0.5, 0.6) is 0 Å². The number of carbonyl (C=O) groups excluding carboxylic acids is 1. The number of carboxylic acid groups (broad SMARTS) is 1. The summed E-state index contributed by atoms with van der Waals surface area (Å²) in [7, 11) is 1.75. The van der Waals surface area contributed by atoms with Crippen molar-refractivity contribution in [3.8, 4) is 0 Å². The molecular weight excluding hydrogens is 246 g/mol. The van der Waals surface area contributed by atoms with Crippen LogP contribution in [0, 0.1) is 0 Å². The van der Waals surface area contributed by atoms with Crippen molar-refractivity contribution in [1.82, 2.24) is 4.90 Å². The lowest BCUT2D eigenvalue weighted by atomic mass is 10.0. The van der Waals surface area contributed by atoms with E-state index in [9.17, 15) is 9.59 Å². The molecular formula is C13H17N3O3. The van der Waals surface area contributed by atoms with Gasteiger partial charge in [-0.3, -0.25) is 9.69 Å². The fourth-order valence-electron chi connectivity index (χ4n) is 2.12. The van der Waals surface area contributed by atoms with Crippen LogP contribution in [0.1, 0.15) is 18.0 Å². The largest absolute Gasteiger partial charge is 0.481 e. The molecule has 0 saturated carbocycles. The molecule has 0 radical (unpaired) electrons. The molecule has 1 aliphatic heterocycles. The van der Waals surface area contributed by atoms with Gasteiger partial charge in [0.05, 0.1) is 6.42 Å². The molecule has 1 aliphatic rings. The molecule has 19 heavy (non-hydrogen) atoms. The van der Waals surface area contributed by atoms with E-state index in [0.29, 0.717) is 13.1 Å². The van der Waals surface area contributed by atoms with Gasteiger partial charge in [-0.2, -0.15) is 0 Å². The topological polar surface area (TPSA) is 86.9 Å². The molecule has 1 saturated heterocycles. The number of urea groups is 1. The highest BCUT2D eigenvalue weighted by Gasteiger charge is 2.26. The maximum Gasteiger partial charge on any atom is 0.324 e. The first-order chi connectivity index (χ1) is 8.99. The number of carbonyl (C=O) groups is 2. The summed E-state index contributed by atoms with van der Waals surface area (Å²) in [4.78, 5) is 25.9. The molecule has 0 spiro atoms. The molecule has 0 aromatic heterocycles. The van der Waals surface area contributed by atoms with Crippen LogP contribution in [0.2, 0.25) is 0 Å². The van der Waals surface area contributed by atoms with Crippen molar-refractivity contribution in [3.63, 3.8) is 0 Å². The smallest absolute Gasteiger partial charge is 0.324 e. The number of aliphatic carboxylic acids is 1. The zero-order valence-corrected chi connectivity index (χ0v) is 10.7. The van der Waals surface area contributed by atoms with Gasteiger partial charge in [-0.15, -0.1) is 0 Å². The number of nitrogens with two attached hydrogens (primary N) is 1. The van der Waals surface area contributed by atoms with Crippen molar-refractivity contribution in [3.05, 3.63) is 29.8 Å². The quantitative estimate of drug-likeness (QED) is 0.849. The Balaban J connectivity index is 2.20. The molecule has 1 heterocycles. The zero-order valence-electron chi connectivity index (χ0n) is 10.7. The Morgan fingerprint density at radius 2 is 2.21 bits per heavy atom. The predicted octanol–water partition coefficient (Wildman–Crippen LogP) is 1.03. The Bertz CT molecular complexity index is 504. The summed E-state index contributed by atoms with van der Waals surface area (Å²) in [6.07, 6.45) is -0.128. The SMILES string of the molecule is CN1CCN(c2cccc(C(N)CC(=O)O)c2)C1=O. The van der Waals surface area contributed by atoms with Gasteiger partial charge in [-0.25, -0.2) is 4.79 Å². The van der Waals surface area contributed by atoms with Crippen LogP contribution >= 0.6 is 0 Å². The fraction of sp³-hybridized carbons (Fsp3) is 0.385. The molecule has 1 aromatic rings. The lowest BCUT2D eigenvalue weighted by Crippen LogP contribution is -2.29. The first-order valence-corrected chi connectivity index (χ1v) is 6.09. The van der Waals surface area contributed by atoms with E-state index in [1.54, 1.807) is 35.0 Å². The average molecular weight is 263 g/mol. The van der Waals surface area contributed by atoms with Crippen LogP contribution in [0.25, 0.3) is 0 Å². The zero-order chi connectivity index (χ0) is 14.0. The van der Waals surface area contributed by atoms with Crippen LogP contribution in [0.4, 0.5) is 10.5 Å². The van der Waals surface area contributed by atoms with Gasteiger partial charge in [0, 0.05) is 31.9 Å². The van der Waals surface area contributed by atoms with Crippen molar-refractivity contribution < 1.29 is 14.7 Å². The lowest BCUT2D eigenvalue weighted by Gasteiger charge is -2.18. The minimum atomic E-state index is -0.935. The normalized spacial score (nSPS) is 16.8. The fourth-order valence-corrected chi connectivity index (χ4v) is 2.12. The Morgan fingerprint density at radius 3 is 2.79 bits per heavy atom. The van der Waals surface area contributed by atoms with Crippen molar-refractivity contribution in [2.24, 2.45) is 5.73 Å². The standard InChI is InChI=1S/C13H17N3O3/c1-15-5-6-16(13(15)19)10-4-2-3-9(7-10)11(14)8-12(17)18/h2-4,7,11H,5-6,8,14H2,1H3,(H,17,18). The minimum absolute atomic E-state index is 0.0519. The summed E-state index contributed by atoms with van der Waals surface area (Å²) in [5.41, 5.74) is 7.31. The number of likely N-dealkylation sites (N-methyl/N-ethyl adjacent to an activating group) is 1. The minimum Gasteiger partial charge on any atom is -0.481 e. The van der Waals surface area contributed by atoms with E-state index in [1.807, 2.05) is 6.07 Å². The van der Waals surface area contributed by atoms with Crippen molar-refractivity contribution in [1.29, 1.82) is 0 Å². The first kappa shape index (κ1) is 13.4. The number of amides is 2. The second kappa shape index (κ2) is 5.27. The third kappa shape index (κ3) is 2.85. The van der Waals surface area contributed by atoms with Crippen molar-refractivity contribution in [2.75, 3.05) is 25.0 Å². The molecule has 0 bridgehead atoms. The van der Waals surface area contributed by atoms with Crippen molar-refractivity contribution >= 4 is 17.7 Å². The van der Waals surface area contributed by atoms with E-state index >= 15 is 0 Å². The number of rotatable bonds is 4. The molecule has 3 N–H and O–H groups in total. The first-order valence-electron chi connectivity index (χ1n) is 6.09. The summed E-state index contributed by atoms with van der Waals surface area (Å²) in [6, 6.07) is 6.56. The van der Waals surface area contributed by atoms with Gasteiger partial charge in [0.1, 0.15) is 0 Å². The van der Waals surface area contributed by atoms with Crippen LogP contribution in [0.15, 0.2) is 24.3 Å². The van der Waals surface area contributed by atoms with Gasteiger partial charge >= 0.3 is 12.0 Å². The summed E-state index contributed by atoms with van der Waals surface area (Å²) >= 11 is 0. The van der Waals surface area contributed by atoms with E-state index < -0.39 is 12.0 Å². The highest BCUT2D eigenvalue weighted by molar-refractivity contribution is 5.94. The van der Waals surface area contributed by atoms with Gasteiger partial charge in [-0.05, 0) is 17.7 Å². The van der Waals surface area contributed by atoms with E-state index in [0.717, 1.165) is 11.3 Å². The molecule has 2 rings (SSSR count). The molecule has 2 amide bonds. The lowest BCUT2D eigenvalue weighted by molar-refractivity contribution is -0.137. The Labute approximate surface area is 111 Å². The third-order valence-electron chi connectivity index (χ3n) is 3.22. The number of hydrogen-bond donors (Lipinski definition) is 2. The predicted molar refractivity (Wildman–Crippen MR) is 71.0 cm³/mol. The molecule has 1 fully saturated rings. The van der Waals surface area contributed by atoms with Gasteiger partial charge in [0.15, 0.2) is 0 Å². The molecule has 6 heteroatoms. The number of benzene rings is 1. The number of anilines is 1. The van der Waals surface area contributed by atoms with Crippen LogP contribution in [-0.2, 0) is 4.79 Å².